The van der Waals surface area contributed by atoms with E-state index in [4.69, 9.17) is 9.72 Å². The molecule has 29 heavy (non-hydrogen) atoms. The van der Waals surface area contributed by atoms with Crippen molar-refractivity contribution in [1.29, 1.82) is 0 Å². The van der Waals surface area contributed by atoms with Crippen LogP contribution in [0.5, 0.6) is 6.01 Å². The fourth-order valence-electron chi connectivity index (χ4n) is 3.73. The summed E-state index contributed by atoms with van der Waals surface area (Å²) in [4.78, 5) is 14.1. The summed E-state index contributed by atoms with van der Waals surface area (Å²) in [6.45, 7) is 2.76. The minimum atomic E-state index is -4.53. The molecule has 0 aliphatic carbocycles. The van der Waals surface area contributed by atoms with Crippen molar-refractivity contribution in [3.8, 4) is 6.01 Å². The minimum absolute atomic E-state index is 0.258. The van der Waals surface area contributed by atoms with Gasteiger partial charge in [0.05, 0.1) is 25.0 Å². The Morgan fingerprint density at radius 1 is 1.07 bits per heavy atom. The monoisotopic (exact) mass is 405 g/mol. The molecule has 0 saturated carbocycles. The topological polar surface area (TPSA) is 80.5 Å². The summed E-state index contributed by atoms with van der Waals surface area (Å²) < 4.78 is 45.9. The van der Waals surface area contributed by atoms with Crippen LogP contribution in [-0.2, 0) is 19.0 Å². The first-order valence-corrected chi connectivity index (χ1v) is 9.37. The van der Waals surface area contributed by atoms with E-state index in [1.807, 2.05) is 10.6 Å². The molecule has 5 rings (SSSR count). The van der Waals surface area contributed by atoms with Crippen LogP contribution in [0.15, 0.2) is 24.5 Å². The number of aromatic nitrogens is 5. The zero-order valence-electron chi connectivity index (χ0n) is 15.4. The second-order valence-electron chi connectivity index (χ2n) is 7.08. The highest BCUT2D eigenvalue weighted by molar-refractivity contribution is 5.59. The van der Waals surface area contributed by atoms with E-state index in [1.165, 1.54) is 0 Å². The van der Waals surface area contributed by atoms with Crippen molar-refractivity contribution in [2.75, 3.05) is 31.1 Å². The van der Waals surface area contributed by atoms with Gasteiger partial charge in [-0.15, -0.1) is 0 Å². The Morgan fingerprint density at radius 3 is 2.72 bits per heavy atom. The van der Waals surface area contributed by atoms with Crippen LogP contribution >= 0.6 is 0 Å². The van der Waals surface area contributed by atoms with E-state index in [-0.39, 0.29) is 12.1 Å². The lowest BCUT2D eigenvalue weighted by Crippen LogP contribution is -2.55. The van der Waals surface area contributed by atoms with Crippen LogP contribution in [0.4, 0.5) is 19.0 Å². The summed E-state index contributed by atoms with van der Waals surface area (Å²) in [5, 5.41) is 7.79. The number of nitrogens with zero attached hydrogens (tertiary/aromatic N) is 6. The number of hydrogen-bond donors (Lipinski definition) is 1. The highest BCUT2D eigenvalue weighted by Crippen LogP contribution is 2.31. The third-order valence-electron chi connectivity index (χ3n) is 5.13. The third kappa shape index (κ3) is 3.35. The van der Waals surface area contributed by atoms with Crippen LogP contribution in [0, 0.1) is 0 Å². The average Bonchev–Trinajstić information content (AvgIpc) is 2.99. The van der Waals surface area contributed by atoms with Crippen molar-refractivity contribution in [3.63, 3.8) is 0 Å². The molecule has 3 aromatic rings. The predicted octanol–water partition coefficient (Wildman–Crippen LogP) is 1.49. The van der Waals surface area contributed by atoms with Crippen molar-refractivity contribution in [3.05, 3.63) is 41.5 Å². The molecular formula is C18H18F3N7O. The summed E-state index contributed by atoms with van der Waals surface area (Å²) in [5.74, 6) is 0.975. The van der Waals surface area contributed by atoms with Crippen LogP contribution in [0.3, 0.4) is 0 Å². The molecule has 0 unspecified atom stereocenters. The smallest absolute Gasteiger partial charge is 0.433 e. The van der Waals surface area contributed by atoms with E-state index >= 15 is 0 Å². The SMILES string of the molecule is FC(F)(F)c1ccnc(OC2CN(c3c4c(nc5ccnn35)CCNCC4)C2)n1. The third-order valence-corrected chi connectivity index (χ3v) is 5.13. The zero-order valence-corrected chi connectivity index (χ0v) is 15.4. The van der Waals surface area contributed by atoms with Crippen molar-refractivity contribution >= 4 is 11.5 Å². The maximum atomic E-state index is 12.8. The fraction of sp³-hybridized carbons (Fsp3) is 0.444. The number of ether oxygens (including phenoxy) is 1. The van der Waals surface area contributed by atoms with Crippen LogP contribution < -0.4 is 15.0 Å². The normalized spacial score (nSPS) is 17.7. The first kappa shape index (κ1) is 18.1. The van der Waals surface area contributed by atoms with Crippen molar-refractivity contribution in [2.45, 2.75) is 25.1 Å². The molecule has 1 saturated heterocycles. The van der Waals surface area contributed by atoms with Crippen molar-refractivity contribution in [2.24, 2.45) is 0 Å². The van der Waals surface area contributed by atoms with E-state index in [0.717, 1.165) is 60.9 Å². The van der Waals surface area contributed by atoms with Gasteiger partial charge in [-0.25, -0.2) is 9.97 Å². The van der Waals surface area contributed by atoms with Crippen molar-refractivity contribution in [1.82, 2.24) is 29.9 Å². The molecule has 0 atom stereocenters. The van der Waals surface area contributed by atoms with Gasteiger partial charge in [0.2, 0.25) is 0 Å². The van der Waals surface area contributed by atoms with E-state index in [9.17, 15) is 13.2 Å². The molecule has 8 nitrogen and oxygen atoms in total. The fourth-order valence-corrected chi connectivity index (χ4v) is 3.73. The largest absolute Gasteiger partial charge is 0.456 e. The molecule has 0 bridgehead atoms. The Kier molecular flexibility index (Phi) is 4.26. The Labute approximate surface area is 163 Å². The highest BCUT2D eigenvalue weighted by atomic mass is 19.4. The first-order valence-electron chi connectivity index (χ1n) is 9.37. The quantitative estimate of drug-likeness (QED) is 0.707. The Balaban J connectivity index is 1.37. The molecule has 2 aliphatic heterocycles. The van der Waals surface area contributed by atoms with E-state index in [1.54, 1.807) is 6.20 Å². The Bertz CT molecular complexity index is 1050. The number of fused-ring (bicyclic) bond motifs is 2. The van der Waals surface area contributed by atoms with Crippen LogP contribution in [0.2, 0.25) is 0 Å². The second kappa shape index (κ2) is 6.83. The van der Waals surface area contributed by atoms with Crippen LogP contribution in [0.25, 0.3) is 5.65 Å². The Morgan fingerprint density at radius 2 is 1.90 bits per heavy atom. The number of rotatable bonds is 3. The maximum absolute atomic E-state index is 12.8. The molecule has 1 fully saturated rings. The van der Waals surface area contributed by atoms with Gasteiger partial charge in [0.1, 0.15) is 11.9 Å². The molecule has 0 aromatic carbocycles. The molecule has 152 valence electrons. The number of halogens is 3. The number of anilines is 1. The van der Waals surface area contributed by atoms with Gasteiger partial charge in [-0.2, -0.15) is 27.8 Å². The highest BCUT2D eigenvalue weighted by Gasteiger charge is 2.36. The van der Waals surface area contributed by atoms with Gasteiger partial charge in [-0.3, -0.25) is 0 Å². The molecule has 5 heterocycles. The van der Waals surface area contributed by atoms with Crippen LogP contribution in [0.1, 0.15) is 17.0 Å². The summed E-state index contributed by atoms with van der Waals surface area (Å²) >= 11 is 0. The number of nitrogens with one attached hydrogen (secondary N) is 1. The second-order valence-corrected chi connectivity index (χ2v) is 7.08. The molecule has 3 aromatic heterocycles. The van der Waals surface area contributed by atoms with Crippen molar-refractivity contribution < 1.29 is 17.9 Å². The lowest BCUT2D eigenvalue weighted by molar-refractivity contribution is -0.141. The number of hydrogen-bond acceptors (Lipinski definition) is 7. The summed E-state index contributed by atoms with van der Waals surface area (Å²) in [7, 11) is 0. The lowest BCUT2D eigenvalue weighted by atomic mass is 10.1. The van der Waals surface area contributed by atoms with Gasteiger partial charge >= 0.3 is 12.2 Å². The van der Waals surface area contributed by atoms with E-state index < -0.39 is 11.9 Å². The molecule has 0 spiro atoms. The van der Waals surface area contributed by atoms with Crippen LogP contribution in [-0.4, -0.2) is 56.8 Å². The van der Waals surface area contributed by atoms with Gasteiger partial charge in [0, 0.05) is 30.8 Å². The Hall–Kier alpha value is -2.95. The lowest BCUT2D eigenvalue weighted by Gasteiger charge is -2.41. The first-order chi connectivity index (χ1) is 14.0. The van der Waals surface area contributed by atoms with E-state index in [2.05, 4.69) is 25.3 Å². The summed E-state index contributed by atoms with van der Waals surface area (Å²) in [5.41, 5.74) is 1.98. The molecule has 2 aliphatic rings. The van der Waals surface area contributed by atoms with E-state index in [0.29, 0.717) is 13.1 Å². The van der Waals surface area contributed by atoms with Gasteiger partial charge in [0.15, 0.2) is 11.3 Å². The predicted molar refractivity (Wildman–Crippen MR) is 96.9 cm³/mol. The minimum Gasteiger partial charge on any atom is -0.456 e. The molecule has 0 radical (unpaired) electrons. The average molecular weight is 405 g/mol. The molecule has 11 heteroatoms. The summed E-state index contributed by atoms with van der Waals surface area (Å²) in [6.07, 6.45) is -0.363. The maximum Gasteiger partial charge on any atom is 0.433 e. The summed E-state index contributed by atoms with van der Waals surface area (Å²) in [6, 6.07) is 2.44. The van der Waals surface area contributed by atoms with Gasteiger partial charge in [0.25, 0.3) is 0 Å². The van der Waals surface area contributed by atoms with Gasteiger partial charge in [-0.1, -0.05) is 0 Å². The number of alkyl halides is 3. The zero-order chi connectivity index (χ0) is 20.0. The molecular weight excluding hydrogens is 387 g/mol. The van der Waals surface area contributed by atoms with Gasteiger partial charge in [-0.05, 0) is 19.0 Å². The van der Waals surface area contributed by atoms with Gasteiger partial charge < -0.3 is 15.0 Å². The standard InChI is InChI=1S/C18H18F3N7O/c19-18(20,21)14-3-7-23-17(26-14)29-11-9-27(10-11)16-12-1-5-22-6-2-13(12)25-15-4-8-24-28(15)16/h3-4,7-8,11,22H,1-2,5-6,9-10H2. The molecule has 1 N–H and O–H groups in total. The molecule has 0 amide bonds.